The molecule has 2 atom stereocenters. The van der Waals surface area contributed by atoms with E-state index in [1.54, 1.807) is 0 Å². The second-order valence-electron chi connectivity index (χ2n) is 5.57. The summed E-state index contributed by atoms with van der Waals surface area (Å²) in [5, 5.41) is 6.28. The summed E-state index contributed by atoms with van der Waals surface area (Å²) in [7, 11) is 0. The van der Waals surface area contributed by atoms with Gasteiger partial charge in [0.25, 0.3) is 0 Å². The Labute approximate surface area is 120 Å². The number of carbonyl (C=O) groups is 1. The maximum absolute atomic E-state index is 12.3. The van der Waals surface area contributed by atoms with Crippen molar-refractivity contribution in [3.63, 3.8) is 0 Å². The molecule has 0 aromatic heterocycles. The van der Waals surface area contributed by atoms with Crippen molar-refractivity contribution in [1.82, 2.24) is 5.32 Å². The number of ether oxygens (including phenoxy) is 1. The first-order chi connectivity index (χ1) is 9.61. The van der Waals surface area contributed by atoms with Crippen molar-refractivity contribution >= 4 is 11.6 Å². The van der Waals surface area contributed by atoms with Gasteiger partial charge in [-0.25, -0.2) is 0 Å². The Bertz CT molecular complexity index is 442. The van der Waals surface area contributed by atoms with Crippen LogP contribution in [0.5, 0.6) is 0 Å². The monoisotopic (exact) mass is 276 g/mol. The Kier molecular flexibility index (Phi) is 5.15. The average molecular weight is 276 g/mol. The Morgan fingerprint density at radius 1 is 1.30 bits per heavy atom. The van der Waals surface area contributed by atoms with Gasteiger partial charge in [-0.3, -0.25) is 4.79 Å². The molecule has 1 aliphatic heterocycles. The Balaban J connectivity index is 1.96. The molecule has 0 spiro atoms. The number of likely N-dealkylation sites (N-methyl/N-ethyl adjacent to an activating group) is 1. The van der Waals surface area contributed by atoms with Crippen molar-refractivity contribution in [1.29, 1.82) is 0 Å². The van der Waals surface area contributed by atoms with Gasteiger partial charge >= 0.3 is 0 Å². The van der Waals surface area contributed by atoms with Crippen LogP contribution in [-0.4, -0.2) is 31.7 Å². The first-order valence-corrected chi connectivity index (χ1v) is 7.33. The Morgan fingerprint density at radius 2 is 2.00 bits per heavy atom. The van der Waals surface area contributed by atoms with Crippen molar-refractivity contribution in [2.45, 2.75) is 32.7 Å². The summed E-state index contributed by atoms with van der Waals surface area (Å²) in [6.07, 6.45) is 0. The summed E-state index contributed by atoms with van der Waals surface area (Å²) >= 11 is 0. The SMILES string of the molecule is CCNC1COCC1C(=O)Nc1ccc(C(C)C)cc1. The first-order valence-electron chi connectivity index (χ1n) is 7.33. The van der Waals surface area contributed by atoms with Crippen LogP contribution in [0.1, 0.15) is 32.3 Å². The normalized spacial score (nSPS) is 22.2. The lowest BCUT2D eigenvalue weighted by atomic mass is 10.0. The van der Waals surface area contributed by atoms with Crippen LogP contribution in [-0.2, 0) is 9.53 Å². The number of nitrogens with one attached hydrogen (secondary N) is 2. The highest BCUT2D eigenvalue weighted by molar-refractivity contribution is 5.93. The van der Waals surface area contributed by atoms with Crippen LogP contribution in [0.15, 0.2) is 24.3 Å². The van der Waals surface area contributed by atoms with Crippen LogP contribution in [0.3, 0.4) is 0 Å². The lowest BCUT2D eigenvalue weighted by molar-refractivity contribution is -0.120. The summed E-state index contributed by atoms with van der Waals surface area (Å²) in [5.41, 5.74) is 2.12. The fraction of sp³-hybridized carbons (Fsp3) is 0.562. The minimum absolute atomic E-state index is 0.0331. The number of hydrogen-bond acceptors (Lipinski definition) is 3. The molecule has 0 aliphatic carbocycles. The number of benzene rings is 1. The third-order valence-electron chi connectivity index (χ3n) is 3.73. The average Bonchev–Trinajstić information content (AvgIpc) is 2.88. The molecule has 1 saturated heterocycles. The molecule has 1 aromatic carbocycles. The molecule has 2 N–H and O–H groups in total. The third-order valence-corrected chi connectivity index (χ3v) is 3.73. The zero-order chi connectivity index (χ0) is 14.5. The highest BCUT2D eigenvalue weighted by Crippen LogP contribution is 2.19. The van der Waals surface area contributed by atoms with Crippen molar-refractivity contribution in [3.05, 3.63) is 29.8 Å². The smallest absolute Gasteiger partial charge is 0.231 e. The van der Waals surface area contributed by atoms with E-state index in [1.807, 2.05) is 19.1 Å². The van der Waals surface area contributed by atoms with Gasteiger partial charge in [0.2, 0.25) is 5.91 Å². The molecule has 110 valence electrons. The maximum atomic E-state index is 12.3. The highest BCUT2D eigenvalue weighted by Gasteiger charge is 2.33. The summed E-state index contributed by atoms with van der Waals surface area (Å²) in [4.78, 5) is 12.3. The molecular formula is C16H24N2O2. The van der Waals surface area contributed by atoms with Crippen LogP contribution in [0.4, 0.5) is 5.69 Å². The molecule has 1 aromatic rings. The number of carbonyl (C=O) groups excluding carboxylic acids is 1. The van der Waals surface area contributed by atoms with E-state index in [-0.39, 0.29) is 17.9 Å². The molecule has 20 heavy (non-hydrogen) atoms. The molecule has 1 heterocycles. The van der Waals surface area contributed by atoms with Crippen molar-refractivity contribution in [3.8, 4) is 0 Å². The predicted molar refractivity (Wildman–Crippen MR) is 80.9 cm³/mol. The molecule has 4 nitrogen and oxygen atoms in total. The van der Waals surface area contributed by atoms with Gasteiger partial charge in [0.05, 0.1) is 19.1 Å². The van der Waals surface area contributed by atoms with Gasteiger partial charge in [-0.1, -0.05) is 32.9 Å². The summed E-state index contributed by atoms with van der Waals surface area (Å²) < 4.78 is 5.41. The zero-order valence-corrected chi connectivity index (χ0v) is 12.5. The van der Waals surface area contributed by atoms with Crippen LogP contribution >= 0.6 is 0 Å². The maximum Gasteiger partial charge on any atom is 0.231 e. The van der Waals surface area contributed by atoms with Gasteiger partial charge < -0.3 is 15.4 Å². The molecule has 1 aliphatic rings. The second kappa shape index (κ2) is 6.86. The standard InChI is InChI=1S/C16H24N2O2/c1-4-17-15-10-20-9-14(15)16(19)18-13-7-5-12(6-8-13)11(2)3/h5-8,11,14-15,17H,4,9-10H2,1-3H3,(H,18,19). The van der Waals surface area contributed by atoms with E-state index in [1.165, 1.54) is 5.56 Å². The molecule has 0 radical (unpaired) electrons. The number of hydrogen-bond donors (Lipinski definition) is 2. The lowest BCUT2D eigenvalue weighted by Crippen LogP contribution is -2.41. The van der Waals surface area contributed by atoms with Gasteiger partial charge in [0.15, 0.2) is 0 Å². The molecule has 1 amide bonds. The first kappa shape index (κ1) is 15.0. The summed E-state index contributed by atoms with van der Waals surface area (Å²) in [6, 6.07) is 8.17. The molecule has 4 heteroatoms. The topological polar surface area (TPSA) is 50.4 Å². The third kappa shape index (κ3) is 3.58. The van der Waals surface area contributed by atoms with E-state index in [9.17, 15) is 4.79 Å². The minimum Gasteiger partial charge on any atom is -0.379 e. The second-order valence-corrected chi connectivity index (χ2v) is 5.57. The van der Waals surface area contributed by atoms with Crippen LogP contribution in [0.2, 0.25) is 0 Å². The lowest BCUT2D eigenvalue weighted by Gasteiger charge is -2.18. The summed E-state index contributed by atoms with van der Waals surface area (Å²) in [6.45, 7) is 8.31. The van der Waals surface area contributed by atoms with Gasteiger partial charge in [-0.05, 0) is 30.2 Å². The molecular weight excluding hydrogens is 252 g/mol. The van der Waals surface area contributed by atoms with Crippen molar-refractivity contribution in [2.24, 2.45) is 5.92 Å². The van der Waals surface area contributed by atoms with E-state index in [0.29, 0.717) is 19.1 Å². The molecule has 2 unspecified atom stereocenters. The fourth-order valence-electron chi connectivity index (χ4n) is 2.46. The Hall–Kier alpha value is -1.39. The zero-order valence-electron chi connectivity index (χ0n) is 12.5. The van der Waals surface area contributed by atoms with Crippen molar-refractivity contribution < 1.29 is 9.53 Å². The summed E-state index contributed by atoms with van der Waals surface area (Å²) in [5.74, 6) is 0.423. The minimum atomic E-state index is -0.111. The van der Waals surface area contributed by atoms with E-state index in [2.05, 4.69) is 36.6 Å². The van der Waals surface area contributed by atoms with Gasteiger partial charge in [-0.15, -0.1) is 0 Å². The van der Waals surface area contributed by atoms with E-state index in [4.69, 9.17) is 4.74 Å². The van der Waals surface area contributed by atoms with E-state index in [0.717, 1.165) is 12.2 Å². The molecule has 2 rings (SSSR count). The van der Waals surface area contributed by atoms with Gasteiger partial charge in [0.1, 0.15) is 0 Å². The largest absolute Gasteiger partial charge is 0.379 e. The molecule has 0 bridgehead atoms. The van der Waals surface area contributed by atoms with Crippen LogP contribution in [0.25, 0.3) is 0 Å². The molecule has 1 fully saturated rings. The highest BCUT2D eigenvalue weighted by atomic mass is 16.5. The number of rotatable bonds is 5. The van der Waals surface area contributed by atoms with Gasteiger partial charge in [0, 0.05) is 11.7 Å². The van der Waals surface area contributed by atoms with Crippen LogP contribution in [0, 0.1) is 5.92 Å². The number of amides is 1. The Morgan fingerprint density at radius 3 is 2.60 bits per heavy atom. The quantitative estimate of drug-likeness (QED) is 0.868. The predicted octanol–water partition coefficient (Wildman–Crippen LogP) is 2.37. The van der Waals surface area contributed by atoms with E-state index < -0.39 is 0 Å². The molecule has 0 saturated carbocycles. The number of anilines is 1. The van der Waals surface area contributed by atoms with Gasteiger partial charge in [-0.2, -0.15) is 0 Å². The fourth-order valence-corrected chi connectivity index (χ4v) is 2.46. The van der Waals surface area contributed by atoms with Crippen molar-refractivity contribution in [2.75, 3.05) is 25.1 Å². The van der Waals surface area contributed by atoms with Crippen LogP contribution < -0.4 is 10.6 Å². The van der Waals surface area contributed by atoms with E-state index >= 15 is 0 Å².